The predicted octanol–water partition coefficient (Wildman–Crippen LogP) is 2.87. The molecule has 0 unspecified atom stereocenters. The Morgan fingerprint density at radius 1 is 1.11 bits per heavy atom. The first-order chi connectivity index (χ1) is 17.5. The molecule has 1 N–H and O–H groups in total. The van der Waals surface area contributed by atoms with Crippen LogP contribution in [0.1, 0.15) is 39.2 Å². The fourth-order valence-electron chi connectivity index (χ4n) is 4.64. The van der Waals surface area contributed by atoms with Gasteiger partial charge in [-0.1, -0.05) is 12.1 Å². The van der Waals surface area contributed by atoms with Gasteiger partial charge >= 0.3 is 6.09 Å². The Bertz CT molecular complexity index is 1180. The number of nitrogens with zero attached hydrogens (tertiary/aromatic N) is 4. The normalized spacial score (nSPS) is 18.6. The molecule has 1 amide bonds. The lowest BCUT2D eigenvalue weighted by molar-refractivity contribution is 0.0478. The monoisotopic (exact) mass is 533 g/mol. The second kappa shape index (κ2) is 11.5. The number of alkyl carbamates (subject to hydrolysis) is 1. The van der Waals surface area contributed by atoms with Gasteiger partial charge in [-0.2, -0.15) is 9.40 Å². The van der Waals surface area contributed by atoms with Crippen LogP contribution in [0.4, 0.5) is 4.79 Å². The Morgan fingerprint density at radius 2 is 1.81 bits per heavy atom. The number of morpholine rings is 1. The third-order valence-electron chi connectivity index (χ3n) is 6.70. The molecule has 0 saturated carbocycles. The van der Waals surface area contributed by atoms with E-state index in [-0.39, 0.29) is 12.1 Å². The van der Waals surface area contributed by atoms with Crippen LogP contribution < -0.4 is 5.32 Å². The van der Waals surface area contributed by atoms with Crippen molar-refractivity contribution in [3.8, 4) is 11.1 Å². The molecule has 0 spiro atoms. The Kier molecular flexibility index (Phi) is 8.57. The molecule has 2 aromatic rings. The largest absolute Gasteiger partial charge is 0.444 e. The molecule has 2 fully saturated rings. The minimum atomic E-state index is -3.58. The van der Waals surface area contributed by atoms with Gasteiger partial charge in [0.25, 0.3) is 0 Å². The van der Waals surface area contributed by atoms with Crippen molar-refractivity contribution < 1.29 is 22.7 Å². The van der Waals surface area contributed by atoms with E-state index >= 15 is 0 Å². The Morgan fingerprint density at radius 3 is 2.49 bits per heavy atom. The summed E-state index contributed by atoms with van der Waals surface area (Å²) in [7, 11) is -3.58. The summed E-state index contributed by atoms with van der Waals surface area (Å²) in [5, 5.41) is 7.48. The molecule has 204 valence electrons. The maximum Gasteiger partial charge on any atom is 0.407 e. The van der Waals surface area contributed by atoms with Gasteiger partial charge in [0, 0.05) is 50.5 Å². The lowest BCUT2D eigenvalue weighted by Crippen LogP contribution is -2.46. The number of piperidine rings is 1. The van der Waals surface area contributed by atoms with E-state index in [2.05, 4.69) is 15.3 Å². The number of likely N-dealkylation sites (tertiary alicyclic amines) is 1. The topological polar surface area (TPSA) is 106 Å². The van der Waals surface area contributed by atoms with Crippen molar-refractivity contribution >= 4 is 16.1 Å². The van der Waals surface area contributed by atoms with E-state index in [1.54, 1.807) is 12.3 Å². The predicted molar refractivity (Wildman–Crippen MR) is 141 cm³/mol. The van der Waals surface area contributed by atoms with Crippen molar-refractivity contribution in [2.45, 2.75) is 63.6 Å². The number of aromatic nitrogens is 2. The maximum absolute atomic E-state index is 13.2. The molecule has 37 heavy (non-hydrogen) atoms. The number of nitrogens with one attached hydrogen (secondary N) is 1. The van der Waals surface area contributed by atoms with Crippen molar-refractivity contribution in [3.05, 3.63) is 36.2 Å². The molecule has 4 rings (SSSR count). The number of carbonyl (C=O) groups excluding carboxylic acids is 1. The third-order valence-corrected chi connectivity index (χ3v) is 8.74. The van der Waals surface area contributed by atoms with Gasteiger partial charge in [0.05, 0.1) is 30.9 Å². The number of aryl methyl sites for hydroxylation is 1. The second-order valence-electron chi connectivity index (χ2n) is 10.8. The quantitative estimate of drug-likeness (QED) is 0.583. The highest BCUT2D eigenvalue weighted by molar-refractivity contribution is 7.89. The van der Waals surface area contributed by atoms with E-state index in [4.69, 9.17) is 9.47 Å². The van der Waals surface area contributed by atoms with Crippen LogP contribution in [0.5, 0.6) is 0 Å². The highest BCUT2D eigenvalue weighted by Gasteiger charge is 2.28. The van der Waals surface area contributed by atoms with Crippen LogP contribution in [0.15, 0.2) is 35.5 Å². The molecule has 0 aliphatic carbocycles. The Labute approximate surface area is 220 Å². The molecular formula is C26H39N5O5S. The summed E-state index contributed by atoms with van der Waals surface area (Å²) < 4.78 is 40.5. The van der Waals surface area contributed by atoms with Crippen LogP contribution in [-0.2, 0) is 26.0 Å². The van der Waals surface area contributed by atoms with Crippen LogP contribution in [-0.4, -0.2) is 91.1 Å². The van der Waals surface area contributed by atoms with Gasteiger partial charge in [-0.25, -0.2) is 13.2 Å². The number of ether oxygens (including phenoxy) is 2. The average Bonchev–Trinajstić information content (AvgIpc) is 3.32. The number of carbonyl (C=O) groups is 1. The minimum absolute atomic E-state index is 0.131. The number of amides is 1. The van der Waals surface area contributed by atoms with E-state index in [0.29, 0.717) is 31.2 Å². The van der Waals surface area contributed by atoms with Crippen LogP contribution in [0.3, 0.4) is 0 Å². The second-order valence-corrected chi connectivity index (χ2v) is 12.7. The zero-order valence-electron chi connectivity index (χ0n) is 22.3. The van der Waals surface area contributed by atoms with Crippen molar-refractivity contribution in [2.75, 3.05) is 45.9 Å². The fourth-order valence-corrected chi connectivity index (χ4v) is 6.30. The Hall–Kier alpha value is -2.47. The maximum atomic E-state index is 13.2. The average molecular weight is 534 g/mol. The van der Waals surface area contributed by atoms with E-state index in [0.717, 1.165) is 55.7 Å². The van der Waals surface area contributed by atoms with E-state index in [9.17, 15) is 13.2 Å². The van der Waals surface area contributed by atoms with Gasteiger partial charge in [-0.3, -0.25) is 4.68 Å². The van der Waals surface area contributed by atoms with Crippen LogP contribution >= 0.6 is 0 Å². The first-order valence-corrected chi connectivity index (χ1v) is 14.4. The molecule has 2 aliphatic heterocycles. The van der Waals surface area contributed by atoms with Gasteiger partial charge in [0.2, 0.25) is 10.0 Å². The molecule has 0 radical (unpaired) electrons. The number of hydrogen-bond donors (Lipinski definition) is 1. The molecule has 11 heteroatoms. The molecule has 1 aromatic carbocycles. The highest BCUT2D eigenvalue weighted by Crippen LogP contribution is 2.27. The molecule has 2 saturated heterocycles. The molecule has 0 atom stereocenters. The number of hydrogen-bond acceptors (Lipinski definition) is 7. The molecule has 3 heterocycles. The summed E-state index contributed by atoms with van der Waals surface area (Å²) in [6.45, 7) is 12.4. The molecular weight excluding hydrogens is 494 g/mol. The van der Waals surface area contributed by atoms with Gasteiger partial charge in [-0.05, 0) is 57.7 Å². The van der Waals surface area contributed by atoms with Crippen molar-refractivity contribution in [1.29, 1.82) is 0 Å². The third kappa shape index (κ3) is 7.31. The van der Waals surface area contributed by atoms with Gasteiger partial charge in [0.1, 0.15) is 5.60 Å². The van der Waals surface area contributed by atoms with Crippen molar-refractivity contribution in [3.63, 3.8) is 0 Å². The minimum Gasteiger partial charge on any atom is -0.444 e. The van der Waals surface area contributed by atoms with Crippen LogP contribution in [0.2, 0.25) is 0 Å². The molecule has 10 nitrogen and oxygen atoms in total. The van der Waals surface area contributed by atoms with Crippen LogP contribution in [0, 0.1) is 6.92 Å². The highest BCUT2D eigenvalue weighted by atomic mass is 32.2. The van der Waals surface area contributed by atoms with Crippen LogP contribution in [0.25, 0.3) is 11.1 Å². The molecule has 0 bridgehead atoms. The summed E-state index contributed by atoms with van der Waals surface area (Å²) in [6, 6.07) is 5.68. The summed E-state index contributed by atoms with van der Waals surface area (Å²) in [4.78, 5) is 14.7. The smallest absolute Gasteiger partial charge is 0.407 e. The SMILES string of the molecule is Cc1ccc(-c2cnn(CCN3CCC(NC(=O)OC(C)(C)C)CC3)c2)cc1S(=O)(=O)N1CCOCC1. The summed E-state index contributed by atoms with van der Waals surface area (Å²) in [5.41, 5.74) is 1.95. The first kappa shape index (κ1) is 27.6. The van der Waals surface area contributed by atoms with Gasteiger partial charge < -0.3 is 19.7 Å². The summed E-state index contributed by atoms with van der Waals surface area (Å²) >= 11 is 0. The van der Waals surface area contributed by atoms with Crippen molar-refractivity contribution in [2.24, 2.45) is 0 Å². The first-order valence-electron chi connectivity index (χ1n) is 12.9. The zero-order valence-corrected chi connectivity index (χ0v) is 23.1. The molecule has 2 aliphatic rings. The van der Waals surface area contributed by atoms with E-state index in [1.165, 1.54) is 4.31 Å². The zero-order chi connectivity index (χ0) is 26.6. The van der Waals surface area contributed by atoms with Crippen molar-refractivity contribution in [1.82, 2.24) is 24.3 Å². The Balaban J connectivity index is 1.31. The number of sulfonamides is 1. The van der Waals surface area contributed by atoms with Gasteiger partial charge in [-0.15, -0.1) is 0 Å². The number of rotatable bonds is 7. The van der Waals surface area contributed by atoms with E-state index < -0.39 is 15.6 Å². The lowest BCUT2D eigenvalue weighted by Gasteiger charge is -2.32. The van der Waals surface area contributed by atoms with E-state index in [1.807, 2.05) is 50.7 Å². The lowest BCUT2D eigenvalue weighted by atomic mass is 10.1. The standard InChI is InChI=1S/C26H39N5O5S/c1-20-5-6-21(17-24(20)37(33,34)31-13-15-35-16-14-31)22-18-27-30(19-22)12-11-29-9-7-23(8-10-29)28-25(32)36-26(2,3)4/h5-6,17-19,23H,7-16H2,1-4H3,(H,28,32). The number of benzene rings is 1. The summed E-state index contributed by atoms with van der Waals surface area (Å²) in [6.07, 6.45) is 5.16. The van der Waals surface area contributed by atoms with Gasteiger partial charge in [0.15, 0.2) is 0 Å². The molecule has 1 aromatic heterocycles. The fraction of sp³-hybridized carbons (Fsp3) is 0.615. The summed E-state index contributed by atoms with van der Waals surface area (Å²) in [5.74, 6) is 0.